The van der Waals surface area contributed by atoms with Gasteiger partial charge in [-0.3, -0.25) is 4.98 Å². The lowest BCUT2D eigenvalue weighted by Crippen LogP contribution is -2.35. The molecular formula is C16H19ClN2S. The van der Waals surface area contributed by atoms with Crippen molar-refractivity contribution < 1.29 is 0 Å². The summed E-state index contributed by atoms with van der Waals surface area (Å²) in [6.07, 6.45) is 3.60. The maximum Gasteiger partial charge on any atom is 0.0548 e. The van der Waals surface area contributed by atoms with Crippen molar-refractivity contribution in [1.29, 1.82) is 0 Å². The molecule has 106 valence electrons. The number of pyridine rings is 1. The third-order valence-electron chi connectivity index (χ3n) is 2.73. The highest BCUT2D eigenvalue weighted by molar-refractivity contribution is 7.99. The molecule has 0 aliphatic carbocycles. The van der Waals surface area contributed by atoms with Crippen molar-refractivity contribution in [2.75, 3.05) is 0 Å². The molecule has 0 fully saturated rings. The first-order chi connectivity index (χ1) is 9.46. The highest BCUT2D eigenvalue weighted by atomic mass is 35.5. The third kappa shape index (κ3) is 4.51. The zero-order valence-corrected chi connectivity index (χ0v) is 13.6. The lowest BCUT2D eigenvalue weighted by molar-refractivity contribution is 0.422. The first-order valence-corrected chi connectivity index (χ1v) is 7.75. The molecule has 0 bridgehead atoms. The molecule has 0 aliphatic heterocycles. The molecule has 0 saturated heterocycles. The second-order valence-electron chi connectivity index (χ2n) is 5.62. The molecule has 20 heavy (non-hydrogen) atoms. The predicted octanol–water partition coefficient (Wildman–Crippen LogP) is 4.77. The lowest BCUT2D eigenvalue weighted by atomic mass is 10.1. The Bertz CT molecular complexity index is 564. The van der Waals surface area contributed by atoms with Crippen molar-refractivity contribution in [2.45, 2.75) is 42.6 Å². The van der Waals surface area contributed by atoms with Crippen molar-refractivity contribution in [1.82, 2.24) is 10.3 Å². The van der Waals surface area contributed by atoms with Gasteiger partial charge in [0.1, 0.15) is 0 Å². The van der Waals surface area contributed by atoms with Crippen LogP contribution in [0, 0.1) is 0 Å². The van der Waals surface area contributed by atoms with Crippen molar-refractivity contribution in [3.8, 4) is 0 Å². The maximum atomic E-state index is 6.37. The van der Waals surface area contributed by atoms with Gasteiger partial charge in [-0.05, 0) is 44.5 Å². The van der Waals surface area contributed by atoms with Gasteiger partial charge in [0.25, 0.3) is 0 Å². The van der Waals surface area contributed by atoms with Gasteiger partial charge in [0.05, 0.1) is 5.02 Å². The van der Waals surface area contributed by atoms with Gasteiger partial charge in [0, 0.05) is 34.3 Å². The van der Waals surface area contributed by atoms with Gasteiger partial charge in [-0.15, -0.1) is 0 Å². The fourth-order valence-electron chi connectivity index (χ4n) is 1.69. The fraction of sp³-hybridized carbons (Fsp3) is 0.312. The second-order valence-corrected chi connectivity index (χ2v) is 7.11. The number of aromatic nitrogens is 1. The van der Waals surface area contributed by atoms with Crippen LogP contribution in [0.2, 0.25) is 5.02 Å². The number of rotatable bonds is 4. The molecule has 2 aromatic rings. The first kappa shape index (κ1) is 15.4. The average Bonchev–Trinajstić information content (AvgIpc) is 2.40. The summed E-state index contributed by atoms with van der Waals surface area (Å²) in [4.78, 5) is 6.29. The van der Waals surface area contributed by atoms with Crippen LogP contribution in [0.1, 0.15) is 26.3 Å². The van der Waals surface area contributed by atoms with E-state index >= 15 is 0 Å². The molecule has 2 rings (SSSR count). The van der Waals surface area contributed by atoms with E-state index < -0.39 is 0 Å². The summed E-state index contributed by atoms with van der Waals surface area (Å²) in [6, 6.07) is 10.0. The number of hydrogen-bond donors (Lipinski definition) is 1. The maximum absolute atomic E-state index is 6.37. The summed E-state index contributed by atoms with van der Waals surface area (Å²) in [5.41, 5.74) is 1.30. The second kappa shape index (κ2) is 6.61. The predicted molar refractivity (Wildman–Crippen MR) is 86.4 cm³/mol. The minimum atomic E-state index is 0.0842. The third-order valence-corrected chi connectivity index (χ3v) is 4.35. The summed E-state index contributed by atoms with van der Waals surface area (Å²) < 4.78 is 0. The van der Waals surface area contributed by atoms with Gasteiger partial charge < -0.3 is 5.32 Å². The summed E-state index contributed by atoms with van der Waals surface area (Å²) in [6.45, 7) is 7.28. The van der Waals surface area contributed by atoms with Crippen LogP contribution in [0.25, 0.3) is 0 Å². The molecule has 4 heteroatoms. The molecule has 0 radical (unpaired) electrons. The van der Waals surface area contributed by atoms with Gasteiger partial charge in [0.2, 0.25) is 0 Å². The Labute approximate surface area is 130 Å². The fourth-order valence-corrected chi connectivity index (χ4v) is 2.93. The Morgan fingerprint density at radius 2 is 1.85 bits per heavy atom. The van der Waals surface area contributed by atoms with Gasteiger partial charge in [-0.2, -0.15) is 0 Å². The van der Waals surface area contributed by atoms with E-state index in [0.717, 1.165) is 21.4 Å². The Morgan fingerprint density at radius 1 is 1.15 bits per heavy atom. The molecule has 1 N–H and O–H groups in total. The zero-order valence-electron chi connectivity index (χ0n) is 12.0. The topological polar surface area (TPSA) is 24.9 Å². The lowest BCUT2D eigenvalue weighted by Gasteiger charge is -2.22. The standard InChI is InChI=1S/C16H19ClN2S/c1-16(2,3)19-11-12-5-4-6-14(17)15(12)20-13-7-9-18-10-8-13/h4-10,19H,11H2,1-3H3. The largest absolute Gasteiger partial charge is 0.308 e. The quantitative estimate of drug-likeness (QED) is 0.880. The van der Waals surface area contributed by atoms with Crippen molar-refractivity contribution in [2.24, 2.45) is 0 Å². The number of nitrogens with one attached hydrogen (secondary N) is 1. The van der Waals surface area contributed by atoms with Gasteiger partial charge in [-0.1, -0.05) is 35.5 Å². The minimum Gasteiger partial charge on any atom is -0.308 e. The molecule has 1 heterocycles. The molecule has 0 unspecified atom stereocenters. The van der Waals surface area contributed by atoms with Crippen LogP contribution in [0.3, 0.4) is 0 Å². The van der Waals surface area contributed by atoms with Gasteiger partial charge in [-0.25, -0.2) is 0 Å². The van der Waals surface area contributed by atoms with Crippen LogP contribution in [-0.2, 0) is 6.54 Å². The Morgan fingerprint density at radius 3 is 2.50 bits per heavy atom. The highest BCUT2D eigenvalue weighted by Gasteiger charge is 2.13. The normalized spacial score (nSPS) is 11.6. The van der Waals surface area contributed by atoms with Crippen LogP contribution >= 0.6 is 23.4 Å². The molecular weight excluding hydrogens is 288 g/mol. The van der Waals surface area contributed by atoms with E-state index in [0.29, 0.717) is 0 Å². The monoisotopic (exact) mass is 306 g/mol. The summed E-state index contributed by atoms with van der Waals surface area (Å²) >= 11 is 8.04. The minimum absolute atomic E-state index is 0.0842. The van der Waals surface area contributed by atoms with Crippen molar-refractivity contribution >= 4 is 23.4 Å². The SMILES string of the molecule is CC(C)(C)NCc1cccc(Cl)c1Sc1ccncc1. The van der Waals surface area contributed by atoms with E-state index in [9.17, 15) is 0 Å². The number of hydrogen-bond acceptors (Lipinski definition) is 3. The number of halogens is 1. The van der Waals surface area contributed by atoms with Gasteiger partial charge >= 0.3 is 0 Å². The van der Waals surface area contributed by atoms with Crippen LogP contribution < -0.4 is 5.32 Å². The highest BCUT2D eigenvalue weighted by Crippen LogP contribution is 2.35. The smallest absolute Gasteiger partial charge is 0.0548 e. The molecule has 1 aromatic carbocycles. The first-order valence-electron chi connectivity index (χ1n) is 6.56. The van der Waals surface area contributed by atoms with Crippen LogP contribution in [-0.4, -0.2) is 10.5 Å². The molecule has 0 spiro atoms. The average molecular weight is 307 g/mol. The van der Waals surface area contributed by atoms with E-state index in [4.69, 9.17) is 11.6 Å². The molecule has 0 aliphatic rings. The summed E-state index contributed by atoms with van der Waals surface area (Å²) in [5.74, 6) is 0. The van der Waals surface area contributed by atoms with E-state index in [2.05, 4.69) is 37.1 Å². The zero-order chi connectivity index (χ0) is 14.6. The van der Waals surface area contributed by atoms with E-state index in [1.54, 1.807) is 24.2 Å². The van der Waals surface area contributed by atoms with Crippen molar-refractivity contribution in [3.05, 3.63) is 53.3 Å². The van der Waals surface area contributed by atoms with Crippen LogP contribution in [0.15, 0.2) is 52.5 Å². The summed E-state index contributed by atoms with van der Waals surface area (Å²) in [5, 5.41) is 4.30. The van der Waals surface area contributed by atoms with E-state index in [1.165, 1.54) is 5.56 Å². The molecule has 0 amide bonds. The van der Waals surface area contributed by atoms with Gasteiger partial charge in [0.15, 0.2) is 0 Å². The Kier molecular flexibility index (Phi) is 5.08. The van der Waals surface area contributed by atoms with Crippen LogP contribution in [0.5, 0.6) is 0 Å². The molecule has 2 nitrogen and oxygen atoms in total. The molecule has 0 saturated carbocycles. The molecule has 0 atom stereocenters. The summed E-state index contributed by atoms with van der Waals surface area (Å²) in [7, 11) is 0. The molecule has 1 aromatic heterocycles. The van der Waals surface area contributed by atoms with Crippen LogP contribution in [0.4, 0.5) is 0 Å². The Hall–Kier alpha value is -1.03. The van der Waals surface area contributed by atoms with E-state index in [-0.39, 0.29) is 5.54 Å². The number of nitrogens with zero attached hydrogens (tertiary/aromatic N) is 1. The Balaban J connectivity index is 2.22. The van der Waals surface area contributed by atoms with E-state index in [1.807, 2.05) is 24.3 Å². The van der Waals surface area contributed by atoms with Crippen molar-refractivity contribution in [3.63, 3.8) is 0 Å². The number of benzene rings is 1.